The number of carbonyl (C=O) groups excluding carboxylic acids is 3. The van der Waals surface area contributed by atoms with E-state index in [2.05, 4.69) is 15.8 Å². The van der Waals surface area contributed by atoms with Gasteiger partial charge in [0.15, 0.2) is 0 Å². The summed E-state index contributed by atoms with van der Waals surface area (Å²) in [4.78, 5) is 35.3. The molecule has 1 aromatic rings. The van der Waals surface area contributed by atoms with Gasteiger partial charge in [0.25, 0.3) is 0 Å². The van der Waals surface area contributed by atoms with E-state index < -0.39 is 17.8 Å². The van der Waals surface area contributed by atoms with Crippen LogP contribution in [0, 0.1) is 0 Å². The fourth-order valence-electron chi connectivity index (χ4n) is 2.52. The highest BCUT2D eigenvalue weighted by atomic mass is 16.5. The quantitative estimate of drug-likeness (QED) is 0.379. The molecule has 2 amide bonds. The highest BCUT2D eigenvalue weighted by molar-refractivity contribution is 6.39. The van der Waals surface area contributed by atoms with Crippen LogP contribution in [0.3, 0.4) is 0 Å². The summed E-state index contributed by atoms with van der Waals surface area (Å²) >= 11 is 0. The second-order valence-electron chi connectivity index (χ2n) is 5.79. The first-order valence-electron chi connectivity index (χ1n) is 8.54. The highest BCUT2D eigenvalue weighted by Gasteiger charge is 2.14. The van der Waals surface area contributed by atoms with E-state index in [4.69, 9.17) is 4.74 Å². The molecule has 0 atom stereocenters. The molecule has 0 radical (unpaired) electrons. The normalized spacial score (nSPS) is 14.2. The van der Waals surface area contributed by atoms with Crippen LogP contribution in [0.2, 0.25) is 0 Å². The Labute approximate surface area is 146 Å². The lowest BCUT2D eigenvalue weighted by Crippen LogP contribution is -2.33. The summed E-state index contributed by atoms with van der Waals surface area (Å²) in [5.74, 6) is -2.05. The van der Waals surface area contributed by atoms with Gasteiger partial charge in [0.2, 0.25) is 0 Å². The average molecular weight is 345 g/mol. The molecule has 1 fully saturated rings. The fraction of sp³-hybridized carbons (Fsp3) is 0.444. The smallest absolute Gasteiger partial charge is 0.338 e. The SMILES string of the molecule is CCOC(=O)c1ccc(NC(=O)C(=O)NN=C2CCCCCC2)cc1. The number of esters is 1. The van der Waals surface area contributed by atoms with E-state index in [-0.39, 0.29) is 0 Å². The molecular formula is C18H23N3O4. The van der Waals surface area contributed by atoms with Crippen LogP contribution < -0.4 is 10.7 Å². The number of anilines is 1. The van der Waals surface area contributed by atoms with Crippen molar-refractivity contribution in [3.05, 3.63) is 29.8 Å². The lowest BCUT2D eigenvalue weighted by Gasteiger charge is -2.06. The molecule has 0 spiro atoms. The van der Waals surface area contributed by atoms with Crippen molar-refractivity contribution < 1.29 is 19.1 Å². The zero-order chi connectivity index (χ0) is 18.1. The minimum absolute atomic E-state index is 0.292. The van der Waals surface area contributed by atoms with E-state index in [0.717, 1.165) is 31.4 Å². The van der Waals surface area contributed by atoms with E-state index in [1.165, 1.54) is 37.1 Å². The van der Waals surface area contributed by atoms with Gasteiger partial charge in [-0.1, -0.05) is 12.8 Å². The number of hydrogen-bond donors (Lipinski definition) is 2. The van der Waals surface area contributed by atoms with Gasteiger partial charge in [0.05, 0.1) is 12.2 Å². The van der Waals surface area contributed by atoms with Crippen LogP contribution in [0.15, 0.2) is 29.4 Å². The van der Waals surface area contributed by atoms with E-state index in [9.17, 15) is 14.4 Å². The first kappa shape index (κ1) is 18.6. The summed E-state index contributed by atoms with van der Waals surface area (Å²) in [6.45, 7) is 2.02. The Bertz CT molecular complexity index is 643. The number of hydrogen-bond acceptors (Lipinski definition) is 5. The minimum atomic E-state index is -0.814. The van der Waals surface area contributed by atoms with Crippen molar-refractivity contribution in [2.24, 2.45) is 5.10 Å². The van der Waals surface area contributed by atoms with Gasteiger partial charge in [-0.25, -0.2) is 10.2 Å². The maximum absolute atomic E-state index is 11.9. The summed E-state index contributed by atoms with van der Waals surface area (Å²) in [7, 11) is 0. The largest absolute Gasteiger partial charge is 0.462 e. The monoisotopic (exact) mass is 345 g/mol. The molecule has 0 aromatic heterocycles. The fourth-order valence-corrected chi connectivity index (χ4v) is 2.52. The second kappa shape index (κ2) is 9.56. The first-order valence-corrected chi connectivity index (χ1v) is 8.54. The molecule has 0 unspecified atom stereocenters. The summed E-state index contributed by atoms with van der Waals surface area (Å²) in [5, 5.41) is 6.53. The molecule has 1 aromatic carbocycles. The van der Waals surface area contributed by atoms with E-state index in [1.807, 2.05) is 0 Å². The van der Waals surface area contributed by atoms with Crippen LogP contribution >= 0.6 is 0 Å². The minimum Gasteiger partial charge on any atom is -0.462 e. The maximum atomic E-state index is 11.9. The molecule has 7 nitrogen and oxygen atoms in total. The van der Waals surface area contributed by atoms with Crippen LogP contribution in [0.4, 0.5) is 5.69 Å². The predicted molar refractivity (Wildman–Crippen MR) is 94.3 cm³/mol. The molecule has 2 rings (SSSR count). The molecule has 134 valence electrons. The Morgan fingerprint density at radius 2 is 1.64 bits per heavy atom. The van der Waals surface area contributed by atoms with Gasteiger partial charge in [0.1, 0.15) is 0 Å². The molecule has 1 saturated carbocycles. The molecule has 1 aliphatic carbocycles. The molecule has 0 bridgehead atoms. The van der Waals surface area contributed by atoms with Gasteiger partial charge >= 0.3 is 17.8 Å². The van der Waals surface area contributed by atoms with Crippen LogP contribution in [0.5, 0.6) is 0 Å². The topological polar surface area (TPSA) is 96.9 Å². The third kappa shape index (κ3) is 6.02. The molecule has 0 aliphatic heterocycles. The van der Waals surface area contributed by atoms with E-state index in [1.54, 1.807) is 6.92 Å². The van der Waals surface area contributed by atoms with Crippen LogP contribution in [0.1, 0.15) is 55.8 Å². The van der Waals surface area contributed by atoms with Crippen LogP contribution in [-0.4, -0.2) is 30.1 Å². The molecule has 2 N–H and O–H groups in total. The van der Waals surface area contributed by atoms with E-state index >= 15 is 0 Å². The van der Waals surface area contributed by atoms with Gasteiger partial charge in [0, 0.05) is 11.4 Å². The average Bonchev–Trinajstić information content (AvgIpc) is 2.89. The molecule has 7 heteroatoms. The summed E-state index contributed by atoms with van der Waals surface area (Å²) in [5.41, 5.74) is 4.03. The van der Waals surface area contributed by atoms with Crippen molar-refractivity contribution in [1.82, 2.24) is 5.43 Å². The number of nitrogens with one attached hydrogen (secondary N) is 2. The molecule has 0 heterocycles. The number of ether oxygens (including phenoxy) is 1. The lowest BCUT2D eigenvalue weighted by atomic mass is 10.2. The Morgan fingerprint density at radius 1 is 1.00 bits per heavy atom. The van der Waals surface area contributed by atoms with Crippen molar-refractivity contribution >= 4 is 29.2 Å². The Balaban J connectivity index is 1.87. The van der Waals surface area contributed by atoms with Crippen molar-refractivity contribution in [3.8, 4) is 0 Å². The molecular weight excluding hydrogens is 322 g/mol. The Morgan fingerprint density at radius 3 is 2.24 bits per heavy atom. The van der Waals surface area contributed by atoms with E-state index in [0.29, 0.717) is 17.9 Å². The molecule has 25 heavy (non-hydrogen) atoms. The Hall–Kier alpha value is -2.70. The maximum Gasteiger partial charge on any atom is 0.338 e. The number of amides is 2. The summed E-state index contributed by atoms with van der Waals surface area (Å²) < 4.78 is 4.88. The second-order valence-corrected chi connectivity index (χ2v) is 5.79. The third-order valence-electron chi connectivity index (χ3n) is 3.86. The highest BCUT2D eigenvalue weighted by Crippen LogP contribution is 2.14. The lowest BCUT2D eigenvalue weighted by molar-refractivity contribution is -0.136. The first-order chi connectivity index (χ1) is 12.1. The number of nitrogens with zero attached hydrogens (tertiary/aromatic N) is 1. The summed E-state index contributed by atoms with van der Waals surface area (Å²) in [6.07, 6.45) is 6.19. The van der Waals surface area contributed by atoms with Gasteiger partial charge in [-0.2, -0.15) is 5.10 Å². The number of rotatable bonds is 4. The van der Waals surface area contributed by atoms with Gasteiger partial charge < -0.3 is 10.1 Å². The number of hydrazone groups is 1. The van der Waals surface area contributed by atoms with Crippen molar-refractivity contribution in [1.29, 1.82) is 0 Å². The third-order valence-corrected chi connectivity index (χ3v) is 3.86. The van der Waals surface area contributed by atoms with Crippen LogP contribution in [-0.2, 0) is 14.3 Å². The predicted octanol–water partition coefficient (Wildman–Crippen LogP) is 2.63. The molecule has 0 saturated heterocycles. The molecule has 1 aliphatic rings. The van der Waals surface area contributed by atoms with Gasteiger partial charge in [-0.05, 0) is 56.9 Å². The standard InChI is InChI=1S/C18H23N3O4/c1-2-25-18(24)13-9-11-14(12-10-13)19-16(22)17(23)21-20-15-7-5-3-4-6-8-15/h9-12H,2-8H2,1H3,(H,19,22)(H,21,23). The summed E-state index contributed by atoms with van der Waals surface area (Å²) in [6, 6.07) is 6.12. The Kier molecular flexibility index (Phi) is 7.13. The van der Waals surface area contributed by atoms with Crippen LogP contribution in [0.25, 0.3) is 0 Å². The number of benzene rings is 1. The zero-order valence-corrected chi connectivity index (χ0v) is 14.3. The van der Waals surface area contributed by atoms with Gasteiger partial charge in [-0.15, -0.1) is 0 Å². The van der Waals surface area contributed by atoms with Crippen molar-refractivity contribution in [2.75, 3.05) is 11.9 Å². The zero-order valence-electron chi connectivity index (χ0n) is 14.3. The van der Waals surface area contributed by atoms with Crippen molar-refractivity contribution in [3.63, 3.8) is 0 Å². The number of carbonyl (C=O) groups is 3. The van der Waals surface area contributed by atoms with Crippen molar-refractivity contribution in [2.45, 2.75) is 45.4 Å². The van der Waals surface area contributed by atoms with Gasteiger partial charge in [-0.3, -0.25) is 9.59 Å².